The Morgan fingerprint density at radius 1 is 1.17 bits per heavy atom. The van der Waals surface area contributed by atoms with Crippen molar-refractivity contribution in [1.29, 1.82) is 0 Å². The van der Waals surface area contributed by atoms with Gasteiger partial charge in [-0.1, -0.05) is 18.2 Å². The molecule has 158 valence electrons. The number of benzene rings is 2. The SMILES string of the molecule is CC1CC(Oc2ccc3c(c2)OC2(CCNCC2)CC3c2cccc(O)c2)C(=O)O1. The molecule has 2 N–H and O–H groups in total. The van der Waals surface area contributed by atoms with E-state index in [2.05, 4.69) is 11.4 Å². The lowest BCUT2D eigenvalue weighted by Crippen LogP contribution is -2.49. The van der Waals surface area contributed by atoms with E-state index < -0.39 is 6.10 Å². The summed E-state index contributed by atoms with van der Waals surface area (Å²) in [5.41, 5.74) is 1.92. The van der Waals surface area contributed by atoms with E-state index in [0.29, 0.717) is 12.2 Å². The Balaban J connectivity index is 1.49. The summed E-state index contributed by atoms with van der Waals surface area (Å²) in [5.74, 6) is 1.51. The topological polar surface area (TPSA) is 77.0 Å². The molecule has 3 aliphatic rings. The van der Waals surface area contributed by atoms with Crippen LogP contribution >= 0.6 is 0 Å². The highest BCUT2D eigenvalue weighted by Crippen LogP contribution is 2.48. The molecule has 0 radical (unpaired) electrons. The summed E-state index contributed by atoms with van der Waals surface area (Å²) in [6.45, 7) is 3.71. The molecular formula is C24H27NO5. The van der Waals surface area contributed by atoms with Crippen molar-refractivity contribution in [2.75, 3.05) is 13.1 Å². The average molecular weight is 409 g/mol. The fourth-order valence-corrected chi connectivity index (χ4v) is 4.93. The predicted octanol–water partition coefficient (Wildman–Crippen LogP) is 3.51. The Kier molecular flexibility index (Phi) is 4.82. The van der Waals surface area contributed by atoms with Gasteiger partial charge in [-0.15, -0.1) is 0 Å². The Hall–Kier alpha value is -2.73. The van der Waals surface area contributed by atoms with Gasteiger partial charge in [-0.2, -0.15) is 0 Å². The lowest BCUT2D eigenvalue weighted by atomic mass is 9.75. The van der Waals surface area contributed by atoms with E-state index in [-0.39, 0.29) is 29.3 Å². The van der Waals surface area contributed by atoms with Crippen LogP contribution in [0, 0.1) is 0 Å². The maximum Gasteiger partial charge on any atom is 0.347 e. The number of nitrogens with one attached hydrogen (secondary N) is 1. The van der Waals surface area contributed by atoms with Crippen LogP contribution in [0.15, 0.2) is 42.5 Å². The lowest BCUT2D eigenvalue weighted by molar-refractivity contribution is -0.145. The minimum atomic E-state index is -0.573. The summed E-state index contributed by atoms with van der Waals surface area (Å²) < 4.78 is 17.8. The van der Waals surface area contributed by atoms with Crippen LogP contribution in [-0.4, -0.2) is 42.0 Å². The van der Waals surface area contributed by atoms with E-state index >= 15 is 0 Å². The molecule has 0 amide bonds. The van der Waals surface area contributed by atoms with Crippen LogP contribution in [0.3, 0.4) is 0 Å². The van der Waals surface area contributed by atoms with Crippen molar-refractivity contribution in [2.45, 2.75) is 56.3 Å². The largest absolute Gasteiger partial charge is 0.508 e. The summed E-state index contributed by atoms with van der Waals surface area (Å²) in [6.07, 6.45) is 2.59. The quantitative estimate of drug-likeness (QED) is 0.756. The summed E-state index contributed by atoms with van der Waals surface area (Å²) in [7, 11) is 0. The fraction of sp³-hybridized carbons (Fsp3) is 0.458. The monoisotopic (exact) mass is 409 g/mol. The van der Waals surface area contributed by atoms with Gasteiger partial charge in [-0.3, -0.25) is 0 Å². The molecule has 3 aliphatic heterocycles. The Bertz CT molecular complexity index is 952. The number of phenols is 1. The van der Waals surface area contributed by atoms with Crippen molar-refractivity contribution in [3.05, 3.63) is 53.6 Å². The molecule has 6 nitrogen and oxygen atoms in total. The first-order valence-electron chi connectivity index (χ1n) is 10.7. The molecule has 2 fully saturated rings. The van der Waals surface area contributed by atoms with Crippen molar-refractivity contribution in [3.63, 3.8) is 0 Å². The van der Waals surface area contributed by atoms with Crippen molar-refractivity contribution in [3.8, 4) is 17.2 Å². The van der Waals surface area contributed by atoms with E-state index in [4.69, 9.17) is 14.2 Å². The Morgan fingerprint density at radius 3 is 2.73 bits per heavy atom. The highest BCUT2D eigenvalue weighted by atomic mass is 16.6. The third-order valence-electron chi connectivity index (χ3n) is 6.45. The van der Waals surface area contributed by atoms with E-state index in [0.717, 1.165) is 49.2 Å². The second kappa shape index (κ2) is 7.51. The average Bonchev–Trinajstić information content (AvgIpc) is 3.04. The maximum absolute atomic E-state index is 12.0. The molecule has 3 atom stereocenters. The number of cyclic esters (lactones) is 1. The van der Waals surface area contributed by atoms with Crippen molar-refractivity contribution < 1.29 is 24.1 Å². The van der Waals surface area contributed by atoms with Gasteiger partial charge in [-0.25, -0.2) is 4.79 Å². The molecule has 2 aromatic carbocycles. The number of hydrogen-bond acceptors (Lipinski definition) is 6. The first kappa shape index (κ1) is 19.2. The molecule has 0 aromatic heterocycles. The van der Waals surface area contributed by atoms with Gasteiger partial charge in [0.1, 0.15) is 29.0 Å². The number of rotatable bonds is 3. The zero-order chi connectivity index (χ0) is 20.7. The summed E-state index contributed by atoms with van der Waals surface area (Å²) >= 11 is 0. The standard InChI is InChI=1S/C24H27NO5/c1-15-11-22(23(27)28-15)29-18-5-6-19-20(16-3-2-4-17(26)12-16)14-24(30-21(19)13-18)7-9-25-10-8-24/h2-6,12-13,15,20,22,25-26H,7-11,14H2,1H3. The molecular weight excluding hydrogens is 382 g/mol. The first-order chi connectivity index (χ1) is 14.5. The van der Waals surface area contributed by atoms with E-state index in [1.807, 2.05) is 37.3 Å². The number of piperidine rings is 1. The number of fused-ring (bicyclic) bond motifs is 1. The molecule has 0 bridgehead atoms. The van der Waals surface area contributed by atoms with Crippen molar-refractivity contribution >= 4 is 5.97 Å². The van der Waals surface area contributed by atoms with Crippen LogP contribution in [0.4, 0.5) is 0 Å². The van der Waals surface area contributed by atoms with Crippen molar-refractivity contribution in [1.82, 2.24) is 5.32 Å². The van der Waals surface area contributed by atoms with Gasteiger partial charge in [0.25, 0.3) is 0 Å². The normalized spacial score (nSPS) is 27.2. The number of hydrogen-bond donors (Lipinski definition) is 2. The summed E-state index contributed by atoms with van der Waals surface area (Å²) in [6, 6.07) is 13.3. The van der Waals surface area contributed by atoms with Gasteiger partial charge in [0.05, 0.1) is 0 Å². The van der Waals surface area contributed by atoms with Crippen LogP contribution in [0.1, 0.15) is 49.7 Å². The summed E-state index contributed by atoms with van der Waals surface area (Å²) in [4.78, 5) is 12.0. The molecule has 0 saturated carbocycles. The van der Waals surface area contributed by atoms with Crippen LogP contribution < -0.4 is 14.8 Å². The van der Waals surface area contributed by atoms with Crippen LogP contribution in [-0.2, 0) is 9.53 Å². The molecule has 3 unspecified atom stereocenters. The number of esters is 1. The van der Waals surface area contributed by atoms with E-state index in [1.54, 1.807) is 6.07 Å². The third kappa shape index (κ3) is 3.60. The first-order valence-corrected chi connectivity index (χ1v) is 10.7. The van der Waals surface area contributed by atoms with Crippen LogP contribution in [0.5, 0.6) is 17.2 Å². The molecule has 30 heavy (non-hydrogen) atoms. The second-order valence-electron chi connectivity index (χ2n) is 8.68. The van der Waals surface area contributed by atoms with Gasteiger partial charge >= 0.3 is 5.97 Å². The molecule has 2 saturated heterocycles. The number of carbonyl (C=O) groups excluding carboxylic acids is 1. The second-order valence-corrected chi connectivity index (χ2v) is 8.68. The highest BCUT2D eigenvalue weighted by molar-refractivity contribution is 5.77. The smallest absolute Gasteiger partial charge is 0.347 e. The van der Waals surface area contributed by atoms with Crippen molar-refractivity contribution in [2.24, 2.45) is 0 Å². The predicted molar refractivity (Wildman–Crippen MR) is 111 cm³/mol. The Labute approximate surface area is 176 Å². The van der Waals surface area contributed by atoms with Gasteiger partial charge in [0.2, 0.25) is 0 Å². The fourth-order valence-electron chi connectivity index (χ4n) is 4.93. The molecule has 2 aromatic rings. The van der Waals surface area contributed by atoms with Crippen LogP contribution in [0.25, 0.3) is 0 Å². The van der Waals surface area contributed by atoms with E-state index in [9.17, 15) is 9.90 Å². The molecule has 0 aliphatic carbocycles. The molecule has 6 heteroatoms. The molecule has 3 heterocycles. The lowest BCUT2D eigenvalue weighted by Gasteiger charge is -2.45. The maximum atomic E-state index is 12.0. The minimum absolute atomic E-state index is 0.121. The summed E-state index contributed by atoms with van der Waals surface area (Å²) in [5, 5.41) is 13.5. The third-order valence-corrected chi connectivity index (χ3v) is 6.45. The highest BCUT2D eigenvalue weighted by Gasteiger charge is 2.43. The molecule has 5 rings (SSSR count). The minimum Gasteiger partial charge on any atom is -0.508 e. The van der Waals surface area contributed by atoms with Gasteiger partial charge in [0, 0.05) is 24.0 Å². The number of carbonyl (C=O) groups is 1. The number of phenolic OH excluding ortho intramolecular Hbond substituents is 1. The number of aromatic hydroxyl groups is 1. The molecule has 1 spiro atoms. The zero-order valence-electron chi connectivity index (χ0n) is 17.1. The van der Waals surface area contributed by atoms with Gasteiger partial charge in [-0.05, 0) is 63.0 Å². The van der Waals surface area contributed by atoms with Gasteiger partial charge in [0.15, 0.2) is 6.10 Å². The zero-order valence-corrected chi connectivity index (χ0v) is 17.1. The van der Waals surface area contributed by atoms with E-state index in [1.165, 1.54) is 0 Å². The van der Waals surface area contributed by atoms with Crippen LogP contribution in [0.2, 0.25) is 0 Å². The number of ether oxygens (including phenoxy) is 3. The van der Waals surface area contributed by atoms with Gasteiger partial charge < -0.3 is 24.6 Å². The Morgan fingerprint density at radius 2 is 2.00 bits per heavy atom.